The number of fused-ring (bicyclic) bond motifs is 1. The highest BCUT2D eigenvalue weighted by Gasteiger charge is 2.63. The molecule has 2 aromatic rings. The fourth-order valence-corrected chi connectivity index (χ4v) is 5.17. The zero-order valence-corrected chi connectivity index (χ0v) is 15.5. The molecule has 28 heavy (non-hydrogen) atoms. The van der Waals surface area contributed by atoms with Crippen LogP contribution in [0.4, 0.5) is 5.69 Å². The Morgan fingerprint density at radius 1 is 0.893 bits per heavy atom. The Morgan fingerprint density at radius 3 is 2.32 bits per heavy atom. The van der Waals surface area contributed by atoms with E-state index in [9.17, 15) is 14.4 Å². The Kier molecular flexibility index (Phi) is 3.59. The average Bonchev–Trinajstić information content (AvgIpc) is 2.99. The van der Waals surface area contributed by atoms with Crippen molar-refractivity contribution in [1.29, 1.82) is 0 Å². The highest BCUT2D eigenvalue weighted by molar-refractivity contribution is 6.25. The number of ether oxygens (including phenoxy) is 2. The fourth-order valence-electron chi connectivity index (χ4n) is 5.17. The van der Waals surface area contributed by atoms with Gasteiger partial charge in [-0.15, -0.1) is 0 Å². The van der Waals surface area contributed by atoms with E-state index in [2.05, 4.69) is 0 Å². The number of imide groups is 1. The van der Waals surface area contributed by atoms with Crippen LogP contribution < -0.4 is 14.4 Å². The molecule has 0 radical (unpaired) electrons. The van der Waals surface area contributed by atoms with E-state index in [-0.39, 0.29) is 23.5 Å². The minimum Gasteiger partial charge on any atom is -0.497 e. The molecule has 0 unspecified atom stereocenters. The largest absolute Gasteiger partial charge is 0.497 e. The number of hydrogen-bond acceptors (Lipinski definition) is 5. The maximum Gasteiger partial charge on any atom is 0.238 e. The summed E-state index contributed by atoms with van der Waals surface area (Å²) < 4.78 is 10.7. The summed E-state index contributed by atoms with van der Waals surface area (Å²) in [4.78, 5) is 40.8. The van der Waals surface area contributed by atoms with Gasteiger partial charge < -0.3 is 9.47 Å². The zero-order chi connectivity index (χ0) is 19.6. The molecule has 0 N–H and O–H groups in total. The van der Waals surface area contributed by atoms with E-state index in [0.29, 0.717) is 23.6 Å². The second kappa shape index (κ2) is 5.92. The third kappa shape index (κ3) is 2.06. The van der Waals surface area contributed by atoms with Gasteiger partial charge in [0.2, 0.25) is 11.8 Å². The summed E-state index contributed by atoms with van der Waals surface area (Å²) >= 11 is 0. The van der Waals surface area contributed by atoms with Gasteiger partial charge in [-0.2, -0.15) is 0 Å². The molecule has 0 spiro atoms. The van der Waals surface area contributed by atoms with Crippen LogP contribution in [0.5, 0.6) is 11.5 Å². The van der Waals surface area contributed by atoms with Gasteiger partial charge >= 0.3 is 0 Å². The lowest BCUT2D eigenvalue weighted by molar-refractivity contribution is -0.134. The zero-order valence-electron chi connectivity index (χ0n) is 15.5. The van der Waals surface area contributed by atoms with Gasteiger partial charge in [0.15, 0.2) is 0 Å². The summed E-state index contributed by atoms with van der Waals surface area (Å²) in [6, 6.07) is 12.7. The molecular formula is C22H19NO5. The first-order valence-corrected chi connectivity index (χ1v) is 9.28. The number of rotatable bonds is 3. The van der Waals surface area contributed by atoms with Crippen LogP contribution in [0.2, 0.25) is 0 Å². The van der Waals surface area contributed by atoms with Crippen molar-refractivity contribution in [2.24, 2.45) is 11.8 Å². The van der Waals surface area contributed by atoms with Crippen molar-refractivity contribution in [3.8, 4) is 11.5 Å². The van der Waals surface area contributed by atoms with Crippen molar-refractivity contribution in [3.63, 3.8) is 0 Å². The molecule has 1 saturated carbocycles. The smallest absolute Gasteiger partial charge is 0.238 e. The lowest BCUT2D eigenvalue weighted by Gasteiger charge is -2.43. The quantitative estimate of drug-likeness (QED) is 0.769. The number of carbonyl (C=O) groups excluding carboxylic acids is 3. The average molecular weight is 377 g/mol. The first kappa shape index (κ1) is 17.0. The molecule has 2 amide bonds. The Bertz CT molecular complexity index is 1030. The molecular weight excluding hydrogens is 358 g/mol. The number of benzene rings is 2. The van der Waals surface area contributed by atoms with E-state index < -0.39 is 17.8 Å². The summed E-state index contributed by atoms with van der Waals surface area (Å²) in [5.41, 5.74) is 2.28. The van der Waals surface area contributed by atoms with Crippen LogP contribution in [0.25, 0.3) is 0 Å². The number of amides is 2. The van der Waals surface area contributed by atoms with Crippen LogP contribution in [-0.4, -0.2) is 31.8 Å². The second-order valence-electron chi connectivity index (χ2n) is 7.48. The van der Waals surface area contributed by atoms with Crippen molar-refractivity contribution in [2.45, 2.75) is 18.3 Å². The third-order valence-electron chi connectivity index (χ3n) is 6.32. The van der Waals surface area contributed by atoms with Crippen LogP contribution in [0.3, 0.4) is 0 Å². The van der Waals surface area contributed by atoms with Crippen LogP contribution in [0.1, 0.15) is 29.4 Å². The SMILES string of the molecule is COc1ccc(OC)c(N2C(=O)[C@@H]3[C@H](C2=O)[C@@H]2CC(=O)[C@@H]3c3ccccc32)c1. The third-order valence-corrected chi connectivity index (χ3v) is 6.32. The van der Waals surface area contributed by atoms with Crippen molar-refractivity contribution in [2.75, 3.05) is 19.1 Å². The molecule has 4 aliphatic rings. The lowest BCUT2D eigenvalue weighted by atomic mass is 9.56. The number of carbonyl (C=O) groups is 3. The topological polar surface area (TPSA) is 72.9 Å². The van der Waals surface area contributed by atoms with Crippen LogP contribution in [0.15, 0.2) is 42.5 Å². The molecule has 6 heteroatoms. The summed E-state index contributed by atoms with van der Waals surface area (Å²) in [5, 5.41) is 0. The number of ketones is 1. The van der Waals surface area contributed by atoms with Crippen LogP contribution >= 0.6 is 0 Å². The van der Waals surface area contributed by atoms with Gasteiger partial charge in [0.1, 0.15) is 17.3 Å². The van der Waals surface area contributed by atoms with E-state index >= 15 is 0 Å². The first-order valence-electron chi connectivity index (χ1n) is 9.28. The molecule has 0 aromatic heterocycles. The summed E-state index contributed by atoms with van der Waals surface area (Å²) in [5.74, 6) is -1.58. The second-order valence-corrected chi connectivity index (χ2v) is 7.48. The van der Waals surface area contributed by atoms with E-state index in [0.717, 1.165) is 11.1 Å². The Hall–Kier alpha value is -3.15. The molecule has 2 fully saturated rings. The molecule has 2 aromatic carbocycles. The number of anilines is 1. The van der Waals surface area contributed by atoms with Gasteiger partial charge in [-0.05, 0) is 23.3 Å². The molecule has 6 nitrogen and oxygen atoms in total. The lowest BCUT2D eigenvalue weighted by Crippen LogP contribution is -2.44. The van der Waals surface area contributed by atoms with Crippen molar-refractivity contribution in [1.82, 2.24) is 0 Å². The monoisotopic (exact) mass is 377 g/mol. The predicted molar refractivity (Wildman–Crippen MR) is 101 cm³/mol. The van der Waals surface area contributed by atoms with Gasteiger partial charge in [-0.3, -0.25) is 14.4 Å². The first-order chi connectivity index (χ1) is 13.6. The van der Waals surface area contributed by atoms with E-state index in [1.807, 2.05) is 24.3 Å². The number of Topliss-reactive ketones (excluding diaryl/α,β-unsaturated/α-hetero) is 1. The molecule has 1 aliphatic heterocycles. The van der Waals surface area contributed by atoms with Crippen molar-refractivity contribution < 1.29 is 23.9 Å². The van der Waals surface area contributed by atoms with Gasteiger partial charge in [-0.25, -0.2) is 4.90 Å². The summed E-state index contributed by atoms with van der Waals surface area (Å²) in [6.07, 6.45) is 0.310. The van der Waals surface area contributed by atoms with Gasteiger partial charge in [0.05, 0.1) is 37.7 Å². The van der Waals surface area contributed by atoms with E-state index in [1.165, 1.54) is 19.1 Å². The summed E-state index contributed by atoms with van der Waals surface area (Å²) in [7, 11) is 3.01. The van der Waals surface area contributed by atoms with Crippen molar-refractivity contribution >= 4 is 23.3 Å². The normalized spacial score (nSPS) is 27.6. The van der Waals surface area contributed by atoms with Gasteiger partial charge in [-0.1, -0.05) is 24.3 Å². The summed E-state index contributed by atoms with van der Waals surface area (Å²) in [6.45, 7) is 0. The van der Waals surface area contributed by atoms with Crippen LogP contribution in [0, 0.1) is 11.8 Å². The Labute approximate surface area is 162 Å². The number of hydrogen-bond donors (Lipinski definition) is 0. The maximum atomic E-state index is 13.4. The molecule has 4 atom stereocenters. The number of methoxy groups -OCH3 is 2. The fraction of sp³-hybridized carbons (Fsp3) is 0.318. The molecule has 2 bridgehead atoms. The molecule has 1 heterocycles. The number of nitrogens with zero attached hydrogens (tertiary/aromatic N) is 1. The van der Waals surface area contributed by atoms with Crippen molar-refractivity contribution in [3.05, 3.63) is 53.6 Å². The van der Waals surface area contributed by atoms with Gasteiger partial charge in [0.25, 0.3) is 0 Å². The van der Waals surface area contributed by atoms with E-state index in [1.54, 1.807) is 18.2 Å². The Balaban J connectivity index is 1.65. The Morgan fingerprint density at radius 2 is 1.61 bits per heavy atom. The predicted octanol–water partition coefficient (Wildman–Crippen LogP) is 2.66. The molecule has 1 saturated heterocycles. The highest BCUT2D eigenvalue weighted by Crippen LogP contribution is 2.58. The highest BCUT2D eigenvalue weighted by atomic mass is 16.5. The minimum atomic E-state index is -0.649. The molecule has 142 valence electrons. The molecule has 3 aliphatic carbocycles. The molecule has 6 rings (SSSR count). The maximum absolute atomic E-state index is 13.4. The minimum absolute atomic E-state index is 0.0468. The van der Waals surface area contributed by atoms with E-state index in [4.69, 9.17) is 9.47 Å². The van der Waals surface area contributed by atoms with Crippen LogP contribution in [-0.2, 0) is 14.4 Å². The standard InChI is InChI=1S/C22H19NO5/c1-27-11-7-8-17(28-2)15(9-11)23-21(25)19-14-10-16(24)18(20(19)22(23)26)13-6-4-3-5-12(13)14/h3-9,14,18-20H,10H2,1-2H3/t14-,18+,19-,20+/m1/s1. The van der Waals surface area contributed by atoms with Gasteiger partial charge in [0, 0.05) is 18.4 Å².